The monoisotopic (exact) mass is 377 g/mol. The molecule has 0 bridgehead atoms. The van der Waals surface area contributed by atoms with Crippen molar-refractivity contribution in [3.63, 3.8) is 0 Å². The van der Waals surface area contributed by atoms with Gasteiger partial charge in [-0.05, 0) is 69.2 Å². The highest BCUT2D eigenvalue weighted by molar-refractivity contribution is 7.80. The molecule has 26 heavy (non-hydrogen) atoms. The summed E-state index contributed by atoms with van der Waals surface area (Å²) in [7, 11) is 0. The molecule has 1 atom stereocenters. The third kappa shape index (κ3) is 7.30. The normalized spacial score (nSPS) is 17.5. The predicted octanol–water partition coefficient (Wildman–Crippen LogP) is 3.94. The predicted molar refractivity (Wildman–Crippen MR) is 111 cm³/mol. The van der Waals surface area contributed by atoms with Crippen molar-refractivity contribution in [3.8, 4) is 5.75 Å². The lowest BCUT2D eigenvalue weighted by atomic mass is 10.0. The Hall–Kier alpha value is -1.66. The Morgan fingerprint density at radius 3 is 2.73 bits per heavy atom. The molecule has 1 heterocycles. The molecule has 2 N–H and O–H groups in total. The molecule has 1 amide bonds. The van der Waals surface area contributed by atoms with Crippen molar-refractivity contribution in [3.05, 3.63) is 24.3 Å². The van der Waals surface area contributed by atoms with Crippen LogP contribution in [-0.4, -0.2) is 41.7 Å². The maximum Gasteiger partial charge on any atom is 0.240 e. The fraction of sp³-hybridized carbons (Fsp3) is 0.600. The molecule has 1 aliphatic rings. The van der Waals surface area contributed by atoms with Crippen molar-refractivity contribution in [2.75, 3.05) is 25.0 Å². The van der Waals surface area contributed by atoms with Gasteiger partial charge in [-0.25, -0.2) is 0 Å². The highest BCUT2D eigenvalue weighted by Crippen LogP contribution is 2.17. The minimum atomic E-state index is -0.0628. The Morgan fingerprint density at radius 1 is 1.27 bits per heavy atom. The number of benzene rings is 1. The van der Waals surface area contributed by atoms with Crippen LogP contribution in [0.15, 0.2) is 24.3 Å². The summed E-state index contributed by atoms with van der Waals surface area (Å²) in [5.74, 6) is 0.785. The lowest BCUT2D eigenvalue weighted by Gasteiger charge is -2.32. The van der Waals surface area contributed by atoms with Crippen LogP contribution < -0.4 is 15.4 Å². The van der Waals surface area contributed by atoms with E-state index < -0.39 is 0 Å². The lowest BCUT2D eigenvalue weighted by Crippen LogP contribution is -2.46. The van der Waals surface area contributed by atoms with Gasteiger partial charge in [0.05, 0.1) is 13.2 Å². The van der Waals surface area contributed by atoms with E-state index in [1.807, 2.05) is 24.3 Å². The first-order chi connectivity index (χ1) is 12.6. The second-order valence-corrected chi connectivity index (χ2v) is 7.31. The van der Waals surface area contributed by atoms with E-state index in [1.165, 1.54) is 19.3 Å². The molecular weight excluding hydrogens is 346 g/mol. The minimum Gasteiger partial charge on any atom is -0.494 e. The molecule has 6 heteroatoms. The van der Waals surface area contributed by atoms with Gasteiger partial charge in [-0.15, -0.1) is 0 Å². The van der Waals surface area contributed by atoms with Crippen LogP contribution in [0.25, 0.3) is 0 Å². The average Bonchev–Trinajstić information content (AvgIpc) is 2.62. The average molecular weight is 378 g/mol. The number of rotatable bonds is 8. The van der Waals surface area contributed by atoms with Crippen LogP contribution in [0.1, 0.15) is 52.4 Å². The van der Waals surface area contributed by atoms with E-state index in [0.717, 1.165) is 43.9 Å². The van der Waals surface area contributed by atoms with Gasteiger partial charge in [0.15, 0.2) is 5.11 Å². The Kier molecular flexibility index (Phi) is 8.85. The molecule has 1 aromatic carbocycles. The highest BCUT2D eigenvalue weighted by atomic mass is 32.1. The van der Waals surface area contributed by atoms with Crippen LogP contribution in [0.3, 0.4) is 0 Å². The van der Waals surface area contributed by atoms with Crippen LogP contribution in [0.5, 0.6) is 5.75 Å². The number of thiocarbonyl (C=S) groups is 1. The first-order valence-corrected chi connectivity index (χ1v) is 10.1. The molecule has 5 nitrogen and oxygen atoms in total. The number of nitrogens with zero attached hydrogens (tertiary/aromatic N) is 1. The smallest absolute Gasteiger partial charge is 0.240 e. The summed E-state index contributed by atoms with van der Waals surface area (Å²) in [5.41, 5.74) is 0.836. The van der Waals surface area contributed by atoms with Gasteiger partial charge >= 0.3 is 0 Å². The van der Waals surface area contributed by atoms with Gasteiger partial charge in [0.2, 0.25) is 5.91 Å². The zero-order valence-electron chi connectivity index (χ0n) is 15.9. The molecule has 2 rings (SSSR count). The van der Waals surface area contributed by atoms with Crippen LogP contribution in [0.4, 0.5) is 5.69 Å². The van der Waals surface area contributed by atoms with Crippen molar-refractivity contribution in [2.24, 2.45) is 0 Å². The number of nitrogens with one attached hydrogen (secondary N) is 2. The first-order valence-electron chi connectivity index (χ1n) is 9.66. The van der Waals surface area contributed by atoms with E-state index in [1.54, 1.807) is 0 Å². The molecule has 1 aromatic rings. The van der Waals surface area contributed by atoms with Gasteiger partial charge in [0.25, 0.3) is 0 Å². The minimum absolute atomic E-state index is 0.0628. The van der Waals surface area contributed by atoms with Gasteiger partial charge in [0.1, 0.15) is 5.75 Å². The van der Waals surface area contributed by atoms with Crippen molar-refractivity contribution < 1.29 is 9.53 Å². The number of carbonyl (C=O) groups is 1. The molecule has 1 saturated heterocycles. The number of unbranched alkanes of at least 4 members (excludes halogenated alkanes) is 2. The fourth-order valence-electron chi connectivity index (χ4n) is 3.08. The summed E-state index contributed by atoms with van der Waals surface area (Å²) < 4.78 is 5.69. The van der Waals surface area contributed by atoms with E-state index in [9.17, 15) is 4.79 Å². The number of hydrogen-bond donors (Lipinski definition) is 2. The number of carbonyl (C=O) groups excluding carboxylic acids is 1. The van der Waals surface area contributed by atoms with Crippen molar-refractivity contribution >= 4 is 28.9 Å². The van der Waals surface area contributed by atoms with E-state index in [4.69, 9.17) is 17.0 Å². The zero-order chi connectivity index (χ0) is 18.8. The van der Waals surface area contributed by atoms with E-state index in [-0.39, 0.29) is 5.91 Å². The quantitative estimate of drug-likeness (QED) is 0.531. The van der Waals surface area contributed by atoms with Crippen molar-refractivity contribution in [1.82, 2.24) is 10.2 Å². The molecule has 1 fully saturated rings. The molecule has 1 aliphatic heterocycles. The topological polar surface area (TPSA) is 53.6 Å². The zero-order valence-corrected chi connectivity index (χ0v) is 16.7. The van der Waals surface area contributed by atoms with E-state index >= 15 is 0 Å². The second-order valence-electron chi connectivity index (χ2n) is 6.90. The first kappa shape index (κ1) is 20.6. The van der Waals surface area contributed by atoms with E-state index in [0.29, 0.717) is 17.7 Å². The SMILES string of the molecule is CCCCCOc1ccc(NC(=S)NC(=O)CN2CCCCC2C)cc1. The van der Waals surface area contributed by atoms with Gasteiger partial charge in [0, 0.05) is 11.7 Å². The third-order valence-corrected chi connectivity index (χ3v) is 4.87. The van der Waals surface area contributed by atoms with Crippen LogP contribution in [0, 0.1) is 0 Å². The Morgan fingerprint density at radius 2 is 2.04 bits per heavy atom. The number of amides is 1. The van der Waals surface area contributed by atoms with Crippen LogP contribution in [0.2, 0.25) is 0 Å². The Labute approximate surface area is 162 Å². The molecule has 0 aliphatic carbocycles. The summed E-state index contributed by atoms with van der Waals surface area (Å²) in [5, 5.41) is 6.15. The molecule has 0 aromatic heterocycles. The summed E-state index contributed by atoms with van der Waals surface area (Å²) in [4.78, 5) is 14.4. The fourth-order valence-corrected chi connectivity index (χ4v) is 3.31. The molecular formula is C20H31N3O2S. The Balaban J connectivity index is 1.72. The third-order valence-electron chi connectivity index (χ3n) is 4.67. The van der Waals surface area contributed by atoms with Gasteiger partial charge in [-0.1, -0.05) is 26.2 Å². The largest absolute Gasteiger partial charge is 0.494 e. The van der Waals surface area contributed by atoms with Gasteiger partial charge in [-0.3, -0.25) is 9.69 Å². The summed E-state index contributed by atoms with van der Waals surface area (Å²) >= 11 is 5.25. The summed E-state index contributed by atoms with van der Waals surface area (Å²) in [6.45, 7) is 6.47. The number of anilines is 1. The second kappa shape index (κ2) is 11.1. The number of ether oxygens (including phenoxy) is 1. The van der Waals surface area contributed by atoms with Crippen LogP contribution in [-0.2, 0) is 4.79 Å². The van der Waals surface area contributed by atoms with Crippen molar-refractivity contribution in [1.29, 1.82) is 0 Å². The van der Waals surface area contributed by atoms with Gasteiger partial charge < -0.3 is 15.4 Å². The molecule has 0 saturated carbocycles. The summed E-state index contributed by atoms with van der Waals surface area (Å²) in [6.07, 6.45) is 7.01. The molecule has 0 radical (unpaired) electrons. The number of piperidine rings is 1. The van der Waals surface area contributed by atoms with Gasteiger partial charge in [-0.2, -0.15) is 0 Å². The standard InChI is InChI=1S/C20H31N3O2S/c1-3-4-7-14-25-18-11-9-17(10-12-18)21-20(26)22-19(24)15-23-13-6-5-8-16(23)2/h9-12,16H,3-8,13-15H2,1-2H3,(H2,21,22,24,26). The lowest BCUT2D eigenvalue weighted by molar-refractivity contribution is -0.121. The molecule has 0 spiro atoms. The highest BCUT2D eigenvalue weighted by Gasteiger charge is 2.20. The maximum absolute atomic E-state index is 12.2. The van der Waals surface area contributed by atoms with E-state index in [2.05, 4.69) is 29.4 Å². The molecule has 1 unspecified atom stereocenters. The summed E-state index contributed by atoms with van der Waals surface area (Å²) in [6, 6.07) is 8.09. The number of likely N-dealkylation sites (tertiary alicyclic amines) is 1. The van der Waals surface area contributed by atoms with Crippen molar-refractivity contribution in [2.45, 2.75) is 58.4 Å². The maximum atomic E-state index is 12.2. The Bertz CT molecular complexity index is 577. The molecule has 144 valence electrons. The number of hydrogen-bond acceptors (Lipinski definition) is 4. The van der Waals surface area contributed by atoms with Crippen LogP contribution >= 0.6 is 12.2 Å².